The van der Waals surface area contributed by atoms with Gasteiger partial charge in [0.2, 0.25) is 0 Å². The second-order valence-corrected chi connectivity index (χ2v) is 8.51. The number of para-hydroxylation sites is 1. The van der Waals surface area contributed by atoms with E-state index in [1.54, 1.807) is 0 Å². The van der Waals surface area contributed by atoms with Gasteiger partial charge >= 0.3 is 5.76 Å². The van der Waals surface area contributed by atoms with E-state index in [9.17, 15) is 9.59 Å². The van der Waals surface area contributed by atoms with Crippen LogP contribution in [0.2, 0.25) is 5.02 Å². The summed E-state index contributed by atoms with van der Waals surface area (Å²) in [6.45, 7) is 2.56. The number of rotatable bonds is 6. The molecule has 7 nitrogen and oxygen atoms in total. The number of fused-ring (bicyclic) bond motifs is 1. The Morgan fingerprint density at radius 3 is 2.56 bits per heavy atom. The van der Waals surface area contributed by atoms with Crippen LogP contribution in [0.3, 0.4) is 0 Å². The van der Waals surface area contributed by atoms with Crippen LogP contribution in [-0.2, 0) is 6.54 Å². The summed E-state index contributed by atoms with van der Waals surface area (Å²) in [6.07, 6.45) is 1.99. The van der Waals surface area contributed by atoms with Gasteiger partial charge in [0.1, 0.15) is 0 Å². The van der Waals surface area contributed by atoms with Gasteiger partial charge in [-0.1, -0.05) is 65.3 Å². The van der Waals surface area contributed by atoms with Crippen LogP contribution < -0.4 is 11.1 Å². The number of nitrogens with one attached hydrogen (secondary N) is 2. The molecule has 0 aliphatic heterocycles. The molecule has 2 aromatic heterocycles. The fourth-order valence-corrected chi connectivity index (χ4v) is 4.13. The van der Waals surface area contributed by atoms with E-state index in [1.807, 2.05) is 85.9 Å². The van der Waals surface area contributed by atoms with Crippen molar-refractivity contribution < 1.29 is 9.32 Å². The van der Waals surface area contributed by atoms with Crippen molar-refractivity contribution in [1.29, 1.82) is 0 Å². The Balaban J connectivity index is 1.37. The summed E-state index contributed by atoms with van der Waals surface area (Å²) in [6, 6.07) is 22.6. The normalized spacial score (nSPS) is 12.1. The molecule has 1 amide bonds. The lowest BCUT2D eigenvalue weighted by molar-refractivity contribution is 0.0941. The minimum atomic E-state index is -0.602. The van der Waals surface area contributed by atoms with E-state index in [2.05, 4.69) is 24.5 Å². The molecule has 0 radical (unpaired) electrons. The van der Waals surface area contributed by atoms with Crippen molar-refractivity contribution in [2.24, 2.45) is 0 Å². The summed E-state index contributed by atoms with van der Waals surface area (Å²) >= 11 is 6.01. The molecular weight excluding hydrogens is 452 g/mol. The molecule has 0 aliphatic carbocycles. The second-order valence-electron chi connectivity index (χ2n) is 8.07. The lowest BCUT2D eigenvalue weighted by atomic mass is 10.0. The zero-order chi connectivity index (χ0) is 23.7. The molecule has 8 heteroatoms. The topological polar surface area (TPSA) is 92.9 Å². The van der Waals surface area contributed by atoms with Gasteiger partial charge < -0.3 is 9.88 Å². The average Bonchev–Trinajstić information content (AvgIpc) is 3.47. The fourth-order valence-electron chi connectivity index (χ4n) is 4.00. The van der Waals surface area contributed by atoms with Crippen LogP contribution >= 0.6 is 11.6 Å². The molecular formula is C26H21ClN4O3. The third kappa shape index (κ3) is 4.38. The van der Waals surface area contributed by atoms with Gasteiger partial charge in [0, 0.05) is 28.7 Å². The molecule has 0 fully saturated rings. The van der Waals surface area contributed by atoms with Gasteiger partial charge in [0.25, 0.3) is 5.91 Å². The molecule has 0 saturated heterocycles. The number of amides is 1. The molecule has 3 aromatic carbocycles. The fraction of sp³-hybridized carbons (Fsp3) is 0.115. The number of nitrogens with zero attached hydrogens (tertiary/aromatic N) is 2. The summed E-state index contributed by atoms with van der Waals surface area (Å²) in [5, 5.41) is 8.48. The van der Waals surface area contributed by atoms with Gasteiger partial charge in [0.05, 0.1) is 17.1 Å². The number of aromatic nitrogens is 3. The van der Waals surface area contributed by atoms with Crippen molar-refractivity contribution in [2.45, 2.75) is 19.5 Å². The third-order valence-electron chi connectivity index (χ3n) is 5.77. The number of carbonyl (C=O) groups excluding carboxylic acids is 1. The molecule has 170 valence electrons. The van der Waals surface area contributed by atoms with Gasteiger partial charge in [-0.25, -0.2) is 4.79 Å². The van der Waals surface area contributed by atoms with E-state index in [0.29, 0.717) is 23.0 Å². The smallest absolute Gasteiger partial charge is 0.345 e. The molecule has 0 saturated carbocycles. The van der Waals surface area contributed by atoms with Gasteiger partial charge in [-0.2, -0.15) is 0 Å². The molecule has 1 atom stereocenters. The Hall–Kier alpha value is -4.10. The minimum absolute atomic E-state index is 0.154. The quantitative estimate of drug-likeness (QED) is 0.356. The largest absolute Gasteiger partial charge is 0.439 e. The first-order valence-electron chi connectivity index (χ1n) is 10.8. The van der Waals surface area contributed by atoms with Crippen LogP contribution in [0.1, 0.15) is 34.5 Å². The zero-order valence-corrected chi connectivity index (χ0v) is 19.0. The van der Waals surface area contributed by atoms with Crippen LogP contribution in [0.5, 0.6) is 0 Å². The second kappa shape index (κ2) is 9.03. The molecule has 0 spiro atoms. The van der Waals surface area contributed by atoms with Gasteiger partial charge in [-0.05, 0) is 42.3 Å². The van der Waals surface area contributed by atoms with Gasteiger partial charge in [0.15, 0.2) is 5.82 Å². The number of hydrogen-bond acceptors (Lipinski definition) is 4. The van der Waals surface area contributed by atoms with Crippen LogP contribution in [0.25, 0.3) is 22.3 Å². The van der Waals surface area contributed by atoms with Gasteiger partial charge in [-0.15, -0.1) is 0 Å². The monoisotopic (exact) mass is 472 g/mol. The van der Waals surface area contributed by atoms with E-state index < -0.39 is 5.76 Å². The summed E-state index contributed by atoms with van der Waals surface area (Å²) in [4.78, 5) is 27.0. The molecule has 0 bridgehead atoms. The predicted octanol–water partition coefficient (Wildman–Crippen LogP) is 5.18. The number of aromatic amines is 1. The number of hydrogen-bond donors (Lipinski definition) is 2. The molecule has 2 N–H and O–H groups in total. The Bertz CT molecular complexity index is 1510. The summed E-state index contributed by atoms with van der Waals surface area (Å²) in [5.41, 5.74) is 4.23. The van der Waals surface area contributed by atoms with E-state index in [0.717, 1.165) is 27.6 Å². The first kappa shape index (κ1) is 21.7. The van der Waals surface area contributed by atoms with Crippen LogP contribution in [0.4, 0.5) is 0 Å². The highest BCUT2D eigenvalue weighted by molar-refractivity contribution is 6.30. The van der Waals surface area contributed by atoms with Gasteiger partial charge in [-0.3, -0.25) is 14.3 Å². The Morgan fingerprint density at radius 2 is 1.85 bits per heavy atom. The maximum Gasteiger partial charge on any atom is 0.439 e. The number of H-pyrrole nitrogens is 1. The van der Waals surface area contributed by atoms with Crippen molar-refractivity contribution in [2.75, 3.05) is 0 Å². The number of carbonyl (C=O) groups is 1. The summed E-state index contributed by atoms with van der Waals surface area (Å²) in [5.74, 6) is -0.393. The highest BCUT2D eigenvalue weighted by Gasteiger charge is 2.17. The standard InChI is InChI=1S/C26H21ClN4O3/c1-16(18-7-9-20(10-8-18)24-29-26(33)34-30-24)28-25(32)22-4-2-3-19-13-14-31(23(19)22)15-17-5-11-21(27)12-6-17/h2-14,16H,15H2,1H3,(H,28,32)(H,29,30,33)/t16-/m0/s1. The van der Waals surface area contributed by atoms with Crippen molar-refractivity contribution >= 4 is 28.4 Å². The SMILES string of the molecule is C[C@H](NC(=O)c1cccc2ccn(Cc3ccc(Cl)cc3)c12)c1ccc(-c2noc(=O)[nH]2)cc1. The molecule has 34 heavy (non-hydrogen) atoms. The van der Waals surface area contributed by atoms with E-state index in [1.165, 1.54) is 0 Å². The van der Waals surface area contributed by atoms with E-state index in [4.69, 9.17) is 11.6 Å². The highest BCUT2D eigenvalue weighted by atomic mass is 35.5. The zero-order valence-electron chi connectivity index (χ0n) is 18.3. The van der Waals surface area contributed by atoms with Crippen molar-refractivity contribution in [3.05, 3.63) is 111 Å². The number of halogens is 1. The van der Waals surface area contributed by atoms with Crippen LogP contribution in [-0.4, -0.2) is 20.6 Å². The minimum Gasteiger partial charge on any atom is -0.345 e. The lowest BCUT2D eigenvalue weighted by Gasteiger charge is -2.16. The third-order valence-corrected chi connectivity index (χ3v) is 6.02. The number of benzene rings is 3. The average molecular weight is 473 g/mol. The maximum atomic E-state index is 13.3. The highest BCUT2D eigenvalue weighted by Crippen LogP contribution is 2.24. The summed E-state index contributed by atoms with van der Waals surface area (Å²) in [7, 11) is 0. The lowest BCUT2D eigenvalue weighted by Crippen LogP contribution is -2.27. The Labute approximate surface area is 200 Å². The Morgan fingerprint density at radius 1 is 1.09 bits per heavy atom. The van der Waals surface area contributed by atoms with Crippen molar-refractivity contribution in [3.8, 4) is 11.4 Å². The molecule has 0 aliphatic rings. The molecule has 0 unspecified atom stereocenters. The first-order chi connectivity index (χ1) is 16.5. The maximum absolute atomic E-state index is 13.3. The Kier molecular flexibility index (Phi) is 5.77. The summed E-state index contributed by atoms with van der Waals surface area (Å²) < 4.78 is 6.63. The molecule has 5 rings (SSSR count). The van der Waals surface area contributed by atoms with E-state index in [-0.39, 0.29) is 11.9 Å². The van der Waals surface area contributed by atoms with E-state index >= 15 is 0 Å². The predicted molar refractivity (Wildman–Crippen MR) is 131 cm³/mol. The molecule has 2 heterocycles. The van der Waals surface area contributed by atoms with Crippen molar-refractivity contribution in [3.63, 3.8) is 0 Å². The first-order valence-corrected chi connectivity index (χ1v) is 11.2. The van der Waals surface area contributed by atoms with Crippen molar-refractivity contribution in [1.82, 2.24) is 20.0 Å². The molecule has 5 aromatic rings. The van der Waals surface area contributed by atoms with Crippen LogP contribution in [0, 0.1) is 0 Å². The van der Waals surface area contributed by atoms with Crippen LogP contribution in [0.15, 0.2) is 88.3 Å².